The van der Waals surface area contributed by atoms with Crippen molar-refractivity contribution in [1.29, 1.82) is 0 Å². The third-order valence-electron chi connectivity index (χ3n) is 4.40. The summed E-state index contributed by atoms with van der Waals surface area (Å²) in [7, 11) is -0.625. The Hall–Kier alpha value is -1.08. The van der Waals surface area contributed by atoms with E-state index in [1.54, 1.807) is 20.8 Å². The maximum Gasteiger partial charge on any atom is 0.411 e. The van der Waals surface area contributed by atoms with Crippen molar-refractivity contribution >= 4 is 20.4 Å². The summed E-state index contributed by atoms with van der Waals surface area (Å²) < 4.78 is 16.3. The standard InChI is InChI=1S/C16H31NO5Si/c1-15(2,3)22-14(19)17-11(12(17)13(18)20-7)10-21-23(8,9)16(4,5)6/h11-12H,10H2,1-9H3/t11-,12+,17?/m0/s1. The van der Waals surface area contributed by atoms with E-state index < -0.39 is 32.0 Å². The fourth-order valence-corrected chi connectivity index (χ4v) is 2.94. The highest BCUT2D eigenvalue weighted by atomic mass is 28.4. The Morgan fingerprint density at radius 3 is 2.00 bits per heavy atom. The highest BCUT2D eigenvalue weighted by Crippen LogP contribution is 2.39. The molecule has 0 aromatic carbocycles. The van der Waals surface area contributed by atoms with Crippen LogP contribution < -0.4 is 0 Å². The Balaban J connectivity index is 2.76. The molecule has 7 heteroatoms. The molecule has 1 amide bonds. The third kappa shape index (κ3) is 4.94. The van der Waals surface area contributed by atoms with Crippen LogP contribution in [-0.2, 0) is 18.7 Å². The van der Waals surface area contributed by atoms with Crippen LogP contribution in [0.2, 0.25) is 18.1 Å². The van der Waals surface area contributed by atoms with E-state index in [9.17, 15) is 9.59 Å². The Morgan fingerprint density at radius 1 is 1.09 bits per heavy atom. The van der Waals surface area contributed by atoms with E-state index in [4.69, 9.17) is 13.9 Å². The van der Waals surface area contributed by atoms with Crippen molar-refractivity contribution in [3.63, 3.8) is 0 Å². The largest absolute Gasteiger partial charge is 0.467 e. The van der Waals surface area contributed by atoms with E-state index in [-0.39, 0.29) is 11.1 Å². The van der Waals surface area contributed by atoms with Crippen LogP contribution in [0.1, 0.15) is 41.5 Å². The lowest BCUT2D eigenvalue weighted by Gasteiger charge is -2.36. The maximum atomic E-state index is 12.2. The van der Waals surface area contributed by atoms with Crippen LogP contribution in [0.15, 0.2) is 0 Å². The third-order valence-corrected chi connectivity index (χ3v) is 8.90. The molecule has 0 aliphatic carbocycles. The van der Waals surface area contributed by atoms with Gasteiger partial charge in [-0.2, -0.15) is 0 Å². The number of amides is 1. The Kier molecular flexibility index (Phi) is 5.58. The van der Waals surface area contributed by atoms with Gasteiger partial charge >= 0.3 is 12.1 Å². The van der Waals surface area contributed by atoms with Gasteiger partial charge < -0.3 is 13.9 Å². The second-order valence-electron chi connectivity index (χ2n) is 8.49. The van der Waals surface area contributed by atoms with Crippen molar-refractivity contribution in [3.8, 4) is 0 Å². The van der Waals surface area contributed by atoms with Crippen molar-refractivity contribution in [2.75, 3.05) is 13.7 Å². The lowest BCUT2D eigenvalue weighted by Crippen LogP contribution is -2.42. The van der Waals surface area contributed by atoms with Crippen LogP contribution >= 0.6 is 0 Å². The average molecular weight is 346 g/mol. The Bertz CT molecular complexity index is 464. The molecule has 6 nitrogen and oxygen atoms in total. The summed E-state index contributed by atoms with van der Waals surface area (Å²) in [5.74, 6) is -0.431. The van der Waals surface area contributed by atoms with Gasteiger partial charge in [-0.3, -0.25) is 4.90 Å². The lowest BCUT2D eigenvalue weighted by molar-refractivity contribution is -0.141. The van der Waals surface area contributed by atoms with Crippen LogP contribution in [0.4, 0.5) is 4.79 Å². The summed E-state index contributed by atoms with van der Waals surface area (Å²) in [6.07, 6.45) is -0.503. The molecule has 1 heterocycles. The summed E-state index contributed by atoms with van der Waals surface area (Å²) in [4.78, 5) is 25.5. The SMILES string of the molecule is COC(=O)[C@H]1[C@H](CO[Si](C)(C)C(C)(C)C)N1C(=O)OC(C)(C)C. The van der Waals surface area contributed by atoms with Crippen LogP contribution in [-0.4, -0.2) is 56.7 Å². The zero-order valence-corrected chi connectivity index (χ0v) is 16.9. The average Bonchev–Trinajstić information content (AvgIpc) is 3.06. The molecule has 23 heavy (non-hydrogen) atoms. The highest BCUT2D eigenvalue weighted by Gasteiger charge is 2.58. The second kappa shape index (κ2) is 6.43. The number of carbonyl (C=O) groups is 2. The van der Waals surface area contributed by atoms with Gasteiger partial charge in [0.25, 0.3) is 0 Å². The van der Waals surface area contributed by atoms with Gasteiger partial charge in [0.2, 0.25) is 0 Å². The number of nitrogens with zero attached hydrogens (tertiary/aromatic N) is 1. The Morgan fingerprint density at radius 2 is 1.61 bits per heavy atom. The van der Waals surface area contributed by atoms with Gasteiger partial charge in [-0.1, -0.05) is 20.8 Å². The molecular formula is C16H31NO5Si. The minimum atomic E-state index is -1.94. The van der Waals surface area contributed by atoms with E-state index in [0.717, 1.165) is 0 Å². The molecule has 1 saturated heterocycles. The van der Waals surface area contributed by atoms with Crippen molar-refractivity contribution in [2.45, 2.75) is 77.4 Å². The van der Waals surface area contributed by atoms with Crippen LogP contribution in [0.25, 0.3) is 0 Å². The van der Waals surface area contributed by atoms with Gasteiger partial charge in [0, 0.05) is 0 Å². The molecule has 0 saturated carbocycles. The summed E-state index contributed by atoms with van der Waals surface area (Å²) in [5.41, 5.74) is -0.606. The molecule has 0 bridgehead atoms. The zero-order chi connectivity index (χ0) is 18.2. The topological polar surface area (TPSA) is 64.8 Å². The first-order valence-corrected chi connectivity index (χ1v) is 10.9. The number of ether oxygens (including phenoxy) is 2. The molecular weight excluding hydrogens is 314 g/mol. The second-order valence-corrected chi connectivity index (χ2v) is 13.3. The van der Waals surface area contributed by atoms with Gasteiger partial charge in [-0.25, -0.2) is 9.59 Å². The molecule has 0 radical (unpaired) electrons. The normalized spacial score (nSPS) is 21.9. The molecule has 1 fully saturated rings. The minimum absolute atomic E-state index is 0.0688. The molecule has 0 unspecified atom stereocenters. The molecule has 0 N–H and O–H groups in total. The fraction of sp³-hybridized carbons (Fsp3) is 0.875. The molecule has 134 valence electrons. The van der Waals surface area contributed by atoms with Gasteiger partial charge in [-0.15, -0.1) is 0 Å². The van der Waals surface area contributed by atoms with Crippen molar-refractivity contribution in [2.24, 2.45) is 0 Å². The number of hydrogen-bond donors (Lipinski definition) is 0. The Labute approximate surface area is 140 Å². The first-order chi connectivity index (χ1) is 10.2. The van der Waals surface area contributed by atoms with Gasteiger partial charge in [-0.05, 0) is 38.9 Å². The van der Waals surface area contributed by atoms with E-state index >= 15 is 0 Å². The summed E-state index contributed by atoms with van der Waals surface area (Å²) in [6, 6.07) is -0.925. The van der Waals surface area contributed by atoms with Crippen LogP contribution in [0, 0.1) is 0 Å². The van der Waals surface area contributed by atoms with E-state index in [2.05, 4.69) is 33.9 Å². The van der Waals surface area contributed by atoms with Gasteiger partial charge in [0.05, 0.1) is 19.8 Å². The highest BCUT2D eigenvalue weighted by molar-refractivity contribution is 6.74. The lowest BCUT2D eigenvalue weighted by atomic mass is 10.2. The number of hydrogen-bond acceptors (Lipinski definition) is 5. The smallest absolute Gasteiger partial charge is 0.411 e. The maximum absolute atomic E-state index is 12.2. The number of methoxy groups -OCH3 is 1. The molecule has 1 rings (SSSR count). The molecule has 1 aliphatic rings. The van der Waals surface area contributed by atoms with E-state index in [1.165, 1.54) is 12.0 Å². The molecule has 0 aromatic rings. The monoisotopic (exact) mass is 345 g/mol. The van der Waals surface area contributed by atoms with Crippen LogP contribution in [0.3, 0.4) is 0 Å². The molecule has 0 aromatic heterocycles. The fourth-order valence-electron chi connectivity index (χ4n) is 1.92. The van der Waals surface area contributed by atoms with Crippen molar-refractivity contribution in [3.05, 3.63) is 0 Å². The van der Waals surface area contributed by atoms with Crippen molar-refractivity contribution < 1.29 is 23.5 Å². The first-order valence-electron chi connectivity index (χ1n) is 7.94. The summed E-state index contributed by atoms with van der Waals surface area (Å²) >= 11 is 0. The number of carbonyl (C=O) groups excluding carboxylic acids is 2. The number of rotatable bonds is 4. The minimum Gasteiger partial charge on any atom is -0.467 e. The van der Waals surface area contributed by atoms with Gasteiger partial charge in [0.1, 0.15) is 5.60 Å². The zero-order valence-electron chi connectivity index (χ0n) is 15.9. The molecule has 2 atom stereocenters. The van der Waals surface area contributed by atoms with Crippen molar-refractivity contribution in [1.82, 2.24) is 4.90 Å². The van der Waals surface area contributed by atoms with E-state index in [1.807, 2.05) is 0 Å². The van der Waals surface area contributed by atoms with Crippen LogP contribution in [0.5, 0.6) is 0 Å². The summed E-state index contributed by atoms with van der Waals surface area (Å²) in [5, 5.41) is 0.0688. The van der Waals surface area contributed by atoms with E-state index in [0.29, 0.717) is 6.61 Å². The number of esters is 1. The summed E-state index contributed by atoms with van der Waals surface area (Å²) in [6.45, 7) is 16.4. The molecule has 0 spiro atoms. The predicted octanol–water partition coefficient (Wildman–Crippen LogP) is 3.17. The predicted molar refractivity (Wildman–Crippen MR) is 90.8 cm³/mol. The first kappa shape index (κ1) is 20.0. The molecule has 1 aliphatic heterocycles. The van der Waals surface area contributed by atoms with Gasteiger partial charge in [0.15, 0.2) is 14.4 Å². The quantitative estimate of drug-likeness (QED) is 0.445.